The van der Waals surface area contributed by atoms with Crippen LogP contribution in [0.25, 0.3) is 11.5 Å². The fraction of sp³-hybridized carbons (Fsp3) is 0.200. The van der Waals surface area contributed by atoms with Gasteiger partial charge in [0.25, 0.3) is 5.22 Å². The molecule has 0 bridgehead atoms. The molecule has 0 fully saturated rings. The zero-order valence-corrected chi connectivity index (χ0v) is 9.51. The molecule has 0 atom stereocenters. The Labute approximate surface area is 101 Å². The highest BCUT2D eigenvalue weighted by Gasteiger charge is 2.08. The summed E-state index contributed by atoms with van der Waals surface area (Å²) in [7, 11) is 0. The van der Waals surface area contributed by atoms with E-state index in [0.29, 0.717) is 16.9 Å². The minimum atomic E-state index is -1.09. The number of rotatable bonds is 5. The molecule has 88 valence electrons. The standard InChI is InChI=1S/C10H9N3O3S/c14-8(15)3-6-17-10-13-12-9(16-10)7-1-4-11-5-2-7/h1-2,4-5H,3,6H2,(H,14,15)/p-1. The number of carbonyl (C=O) groups excluding carboxylic acids is 1. The fourth-order valence-electron chi connectivity index (χ4n) is 1.10. The van der Waals surface area contributed by atoms with Crippen LogP contribution in [0.3, 0.4) is 0 Å². The lowest BCUT2D eigenvalue weighted by atomic mass is 10.3. The molecule has 0 aromatic carbocycles. The van der Waals surface area contributed by atoms with Crippen LogP contribution in [0.2, 0.25) is 0 Å². The van der Waals surface area contributed by atoms with Gasteiger partial charge in [0.1, 0.15) is 0 Å². The highest BCUT2D eigenvalue weighted by Crippen LogP contribution is 2.22. The zero-order valence-electron chi connectivity index (χ0n) is 8.70. The van der Waals surface area contributed by atoms with Crippen LogP contribution in [-0.2, 0) is 4.79 Å². The van der Waals surface area contributed by atoms with Crippen molar-refractivity contribution in [1.82, 2.24) is 15.2 Å². The average Bonchev–Trinajstić information content (AvgIpc) is 2.78. The van der Waals surface area contributed by atoms with Crippen molar-refractivity contribution in [2.75, 3.05) is 5.75 Å². The van der Waals surface area contributed by atoms with Crippen molar-refractivity contribution in [1.29, 1.82) is 0 Å². The van der Waals surface area contributed by atoms with E-state index >= 15 is 0 Å². The van der Waals surface area contributed by atoms with Crippen molar-refractivity contribution in [3.8, 4) is 11.5 Å². The van der Waals surface area contributed by atoms with Crippen LogP contribution in [0.4, 0.5) is 0 Å². The number of hydrogen-bond donors (Lipinski definition) is 0. The van der Waals surface area contributed by atoms with Gasteiger partial charge in [0.15, 0.2) is 0 Å². The van der Waals surface area contributed by atoms with E-state index in [1.54, 1.807) is 24.5 Å². The first kappa shape index (κ1) is 11.6. The molecule has 6 nitrogen and oxygen atoms in total. The summed E-state index contributed by atoms with van der Waals surface area (Å²) >= 11 is 1.19. The third-order valence-electron chi connectivity index (χ3n) is 1.87. The van der Waals surface area contributed by atoms with Crippen LogP contribution in [0.15, 0.2) is 34.2 Å². The van der Waals surface area contributed by atoms with Crippen molar-refractivity contribution in [2.45, 2.75) is 11.6 Å². The van der Waals surface area contributed by atoms with Crippen LogP contribution in [0.5, 0.6) is 0 Å². The molecule has 2 rings (SSSR count). The van der Waals surface area contributed by atoms with Gasteiger partial charge in [-0.2, -0.15) is 0 Å². The second kappa shape index (κ2) is 5.44. The van der Waals surface area contributed by atoms with Crippen molar-refractivity contribution in [3.63, 3.8) is 0 Å². The highest BCUT2D eigenvalue weighted by atomic mass is 32.2. The summed E-state index contributed by atoms with van der Waals surface area (Å²) < 4.78 is 5.35. The normalized spacial score (nSPS) is 10.4. The number of nitrogens with zero attached hydrogens (tertiary/aromatic N) is 3. The average molecular weight is 250 g/mol. The second-order valence-corrected chi connectivity index (χ2v) is 4.13. The van der Waals surface area contributed by atoms with Gasteiger partial charge in [-0.1, -0.05) is 11.8 Å². The van der Waals surface area contributed by atoms with E-state index in [-0.39, 0.29) is 6.42 Å². The Morgan fingerprint density at radius 2 is 2.12 bits per heavy atom. The SMILES string of the molecule is O=C([O-])CCSc1nnc(-c2ccncc2)o1. The topological polar surface area (TPSA) is 91.9 Å². The number of hydrogen-bond acceptors (Lipinski definition) is 7. The molecule has 0 amide bonds. The lowest BCUT2D eigenvalue weighted by Gasteiger charge is -1.97. The first-order valence-electron chi connectivity index (χ1n) is 4.82. The molecule has 2 heterocycles. The lowest BCUT2D eigenvalue weighted by Crippen LogP contribution is -2.22. The number of carboxylic acids is 1. The zero-order chi connectivity index (χ0) is 12.1. The molecular weight excluding hydrogens is 242 g/mol. The number of thioether (sulfide) groups is 1. The first-order valence-corrected chi connectivity index (χ1v) is 5.81. The molecule has 0 aliphatic rings. The summed E-state index contributed by atoms with van der Waals surface area (Å²) in [6.07, 6.45) is 3.21. The summed E-state index contributed by atoms with van der Waals surface area (Å²) in [5.74, 6) is -0.352. The lowest BCUT2D eigenvalue weighted by molar-refractivity contribution is -0.305. The van der Waals surface area contributed by atoms with Crippen LogP contribution >= 0.6 is 11.8 Å². The summed E-state index contributed by atoms with van der Waals surface area (Å²) in [4.78, 5) is 14.1. The van der Waals surface area contributed by atoms with Crippen LogP contribution in [0, 0.1) is 0 Å². The maximum atomic E-state index is 10.2. The molecule has 0 unspecified atom stereocenters. The third-order valence-corrected chi connectivity index (χ3v) is 2.69. The molecule has 0 radical (unpaired) electrons. The number of carboxylic acid groups (broad SMARTS) is 1. The molecule has 0 aliphatic carbocycles. The summed E-state index contributed by atoms with van der Waals surface area (Å²) in [6, 6.07) is 3.51. The maximum Gasteiger partial charge on any atom is 0.276 e. The number of carbonyl (C=O) groups is 1. The van der Waals surface area contributed by atoms with Crippen molar-refractivity contribution >= 4 is 17.7 Å². The Morgan fingerprint density at radius 3 is 2.82 bits per heavy atom. The van der Waals surface area contributed by atoms with Crippen LogP contribution < -0.4 is 5.11 Å². The van der Waals surface area contributed by atoms with Gasteiger partial charge in [-0.25, -0.2) is 0 Å². The highest BCUT2D eigenvalue weighted by molar-refractivity contribution is 7.99. The maximum absolute atomic E-state index is 10.2. The molecule has 17 heavy (non-hydrogen) atoms. The molecule has 2 aromatic rings. The van der Waals surface area contributed by atoms with E-state index in [1.807, 2.05) is 0 Å². The molecule has 2 aromatic heterocycles. The molecule has 0 spiro atoms. The first-order chi connectivity index (χ1) is 8.25. The van der Waals surface area contributed by atoms with Crippen molar-refractivity contribution in [3.05, 3.63) is 24.5 Å². The predicted molar refractivity (Wildman–Crippen MR) is 57.9 cm³/mol. The largest absolute Gasteiger partial charge is 0.550 e. The molecule has 0 saturated heterocycles. The predicted octanol–water partition coefficient (Wildman–Crippen LogP) is 0.364. The summed E-state index contributed by atoms with van der Waals surface area (Å²) in [5.41, 5.74) is 0.777. The van der Waals surface area contributed by atoms with E-state index in [2.05, 4.69) is 15.2 Å². The van der Waals surface area contributed by atoms with E-state index in [1.165, 1.54) is 11.8 Å². The Balaban J connectivity index is 1.99. The molecule has 0 N–H and O–H groups in total. The third kappa shape index (κ3) is 3.28. The van der Waals surface area contributed by atoms with Gasteiger partial charge in [-0.3, -0.25) is 4.98 Å². The Kier molecular flexibility index (Phi) is 3.71. The van der Waals surface area contributed by atoms with E-state index in [4.69, 9.17) is 4.42 Å². The molecule has 0 saturated carbocycles. The van der Waals surface area contributed by atoms with Crippen LogP contribution in [-0.4, -0.2) is 26.9 Å². The Morgan fingerprint density at radius 1 is 1.35 bits per heavy atom. The fourth-order valence-corrected chi connectivity index (χ4v) is 1.78. The minimum absolute atomic E-state index is 0.0440. The monoisotopic (exact) mass is 250 g/mol. The minimum Gasteiger partial charge on any atom is -0.550 e. The van der Waals surface area contributed by atoms with Crippen molar-refractivity contribution in [2.24, 2.45) is 0 Å². The van der Waals surface area contributed by atoms with Gasteiger partial charge in [0, 0.05) is 29.7 Å². The van der Waals surface area contributed by atoms with Crippen LogP contribution in [0.1, 0.15) is 6.42 Å². The van der Waals surface area contributed by atoms with E-state index in [9.17, 15) is 9.90 Å². The summed E-state index contributed by atoms with van der Waals surface area (Å²) in [6.45, 7) is 0. The molecule has 0 aliphatic heterocycles. The Bertz CT molecular complexity index is 501. The second-order valence-electron chi connectivity index (χ2n) is 3.08. The number of aliphatic carboxylic acids is 1. The van der Waals surface area contributed by atoms with Gasteiger partial charge >= 0.3 is 0 Å². The van der Waals surface area contributed by atoms with Gasteiger partial charge in [-0.15, -0.1) is 10.2 Å². The summed E-state index contributed by atoms with van der Waals surface area (Å²) in [5, 5.41) is 18.2. The van der Waals surface area contributed by atoms with Gasteiger partial charge < -0.3 is 14.3 Å². The number of aromatic nitrogens is 3. The smallest absolute Gasteiger partial charge is 0.276 e. The van der Waals surface area contributed by atoms with Gasteiger partial charge in [0.05, 0.1) is 0 Å². The van der Waals surface area contributed by atoms with Crippen molar-refractivity contribution < 1.29 is 14.3 Å². The van der Waals surface area contributed by atoms with Gasteiger partial charge in [-0.05, 0) is 18.6 Å². The molecular formula is C10H8N3O3S-. The van der Waals surface area contributed by atoms with E-state index < -0.39 is 5.97 Å². The van der Waals surface area contributed by atoms with Gasteiger partial charge in [0.2, 0.25) is 5.89 Å². The Hall–Kier alpha value is -1.89. The van der Waals surface area contributed by atoms with E-state index in [0.717, 1.165) is 5.56 Å². The quantitative estimate of drug-likeness (QED) is 0.707. The molecule has 7 heteroatoms. The number of pyridine rings is 1.